The first kappa shape index (κ1) is 22.2. The number of ether oxygens (including phenoxy) is 1. The van der Waals surface area contributed by atoms with Gasteiger partial charge in [0.25, 0.3) is 5.91 Å². The first-order valence-electron chi connectivity index (χ1n) is 9.09. The molecule has 3 heterocycles. The number of hydrogen-bond donors (Lipinski definition) is 2. The summed E-state index contributed by atoms with van der Waals surface area (Å²) in [5.74, 6) is -2.53. The highest BCUT2D eigenvalue weighted by Gasteiger charge is 2.54. The molecule has 0 bridgehead atoms. The van der Waals surface area contributed by atoms with E-state index in [0.717, 1.165) is 4.90 Å². The maximum Gasteiger partial charge on any atom is 0.352 e. The number of hydrogen-bond acceptors (Lipinski definition) is 7. The number of carbonyl (C=O) groups excluding carboxylic acids is 3. The molecule has 2 aliphatic heterocycles. The fraction of sp³-hybridized carbons (Fsp3) is 0.500. The van der Waals surface area contributed by atoms with Gasteiger partial charge in [0, 0.05) is 18.2 Å². The van der Waals surface area contributed by atoms with Crippen molar-refractivity contribution in [2.45, 2.75) is 45.2 Å². The van der Waals surface area contributed by atoms with Crippen molar-refractivity contribution in [2.24, 2.45) is 0 Å². The summed E-state index contributed by atoms with van der Waals surface area (Å²) in [4.78, 5) is 49.3. The number of carboxylic acid groups (broad SMARTS) is 1. The van der Waals surface area contributed by atoms with Gasteiger partial charge in [-0.05, 0) is 20.8 Å². The van der Waals surface area contributed by atoms with Crippen LogP contribution in [0.2, 0.25) is 5.02 Å². The third-order valence-electron chi connectivity index (χ3n) is 4.98. The molecule has 10 nitrogen and oxygen atoms in total. The van der Waals surface area contributed by atoms with Crippen molar-refractivity contribution in [2.75, 3.05) is 12.4 Å². The predicted octanol–water partition coefficient (Wildman–Crippen LogP) is 1.02. The molecule has 1 aromatic heterocycles. The van der Waals surface area contributed by atoms with E-state index in [-0.39, 0.29) is 18.1 Å². The van der Waals surface area contributed by atoms with Crippen LogP contribution in [0.4, 0.5) is 0 Å². The molecule has 0 radical (unpaired) electrons. The van der Waals surface area contributed by atoms with Crippen LogP contribution < -0.4 is 5.32 Å². The van der Waals surface area contributed by atoms with Gasteiger partial charge in [0.05, 0.1) is 16.4 Å². The summed E-state index contributed by atoms with van der Waals surface area (Å²) < 4.78 is 6.39. The van der Waals surface area contributed by atoms with Crippen molar-refractivity contribution in [3.63, 3.8) is 0 Å². The van der Waals surface area contributed by atoms with E-state index in [2.05, 4.69) is 10.4 Å². The molecular formula is C18H21ClN4O6S. The van der Waals surface area contributed by atoms with Crippen molar-refractivity contribution in [3.05, 3.63) is 27.7 Å². The first-order chi connectivity index (χ1) is 14.0. The minimum Gasteiger partial charge on any atom is -0.477 e. The van der Waals surface area contributed by atoms with Crippen molar-refractivity contribution in [3.8, 4) is 0 Å². The van der Waals surface area contributed by atoms with E-state index in [1.165, 1.54) is 23.4 Å². The highest BCUT2D eigenvalue weighted by Crippen LogP contribution is 2.40. The zero-order valence-electron chi connectivity index (χ0n) is 16.8. The van der Waals surface area contributed by atoms with Gasteiger partial charge < -0.3 is 15.2 Å². The van der Waals surface area contributed by atoms with Gasteiger partial charge in [-0.1, -0.05) is 11.6 Å². The summed E-state index contributed by atoms with van der Waals surface area (Å²) >= 11 is 7.44. The van der Waals surface area contributed by atoms with Crippen LogP contribution in [-0.4, -0.2) is 67.3 Å². The van der Waals surface area contributed by atoms with Gasteiger partial charge in [-0.2, -0.15) is 5.10 Å². The molecule has 0 saturated carbocycles. The average molecular weight is 457 g/mol. The van der Waals surface area contributed by atoms with E-state index < -0.39 is 41.2 Å². The number of halogens is 1. The Balaban J connectivity index is 1.74. The fourth-order valence-corrected chi connectivity index (χ4v) is 4.84. The number of aliphatic carboxylic acids is 1. The van der Waals surface area contributed by atoms with Gasteiger partial charge in [-0.15, -0.1) is 11.8 Å². The predicted molar refractivity (Wildman–Crippen MR) is 108 cm³/mol. The van der Waals surface area contributed by atoms with Gasteiger partial charge >= 0.3 is 11.9 Å². The van der Waals surface area contributed by atoms with Crippen LogP contribution >= 0.6 is 23.4 Å². The van der Waals surface area contributed by atoms with Crippen molar-refractivity contribution in [1.29, 1.82) is 0 Å². The van der Waals surface area contributed by atoms with Gasteiger partial charge in [-0.3, -0.25) is 24.0 Å². The molecule has 2 N–H and O–H groups in total. The zero-order chi connectivity index (χ0) is 22.3. The molecule has 3 atom stereocenters. The van der Waals surface area contributed by atoms with E-state index in [9.17, 15) is 24.3 Å². The normalized spacial score (nSPS) is 21.6. The molecule has 0 aromatic carbocycles. The average Bonchev–Trinajstić information content (AvgIpc) is 2.95. The number of esters is 1. The quantitative estimate of drug-likeness (QED) is 0.479. The molecule has 3 rings (SSSR count). The smallest absolute Gasteiger partial charge is 0.352 e. The second-order valence-electron chi connectivity index (χ2n) is 7.04. The molecule has 1 saturated heterocycles. The molecule has 0 spiro atoms. The summed E-state index contributed by atoms with van der Waals surface area (Å²) in [6, 6.07) is -1.57. The van der Waals surface area contributed by atoms with E-state index >= 15 is 0 Å². The minimum atomic E-state index is -1.29. The molecule has 2 aliphatic rings. The lowest BCUT2D eigenvalue weighted by Crippen LogP contribution is -2.71. The van der Waals surface area contributed by atoms with Gasteiger partial charge in [0.1, 0.15) is 29.8 Å². The Morgan fingerprint density at radius 2 is 2.07 bits per heavy atom. The molecule has 30 heavy (non-hydrogen) atoms. The topological polar surface area (TPSA) is 131 Å². The zero-order valence-corrected chi connectivity index (χ0v) is 18.3. The SMILES string of the molecule is CC(=O)OCC1=C(C(=O)O)N2C(=O)C(NC(=O)C(C)n3nc(C)c(Cl)c3C)C2SC1. The number of fused-ring (bicyclic) bond motifs is 1. The standard InChI is InChI=1S/C18H21ClN4O6S/c1-7-12(19)8(2)23(21-7)9(3)15(25)20-13-16(26)22-14(18(27)28)11(5-29-10(4)24)6-30-17(13)22/h9,13,17H,5-6H2,1-4H3,(H,20,25)(H,27,28). The molecule has 1 fully saturated rings. The number of aromatic nitrogens is 2. The molecule has 1 aromatic rings. The van der Waals surface area contributed by atoms with E-state index in [1.54, 1.807) is 20.8 Å². The number of amides is 2. The number of nitrogens with one attached hydrogen (secondary N) is 1. The minimum absolute atomic E-state index is 0.200. The molecular weight excluding hydrogens is 436 g/mol. The van der Waals surface area contributed by atoms with Crippen LogP contribution in [0.15, 0.2) is 11.3 Å². The number of β-lactam (4-membered cyclic amide) rings is 1. The van der Waals surface area contributed by atoms with Gasteiger partial charge in [0.2, 0.25) is 5.91 Å². The summed E-state index contributed by atoms with van der Waals surface area (Å²) in [6.07, 6.45) is 0. The summed E-state index contributed by atoms with van der Waals surface area (Å²) in [6.45, 7) is 6.13. The Labute approximate surface area is 181 Å². The number of rotatable bonds is 6. The summed E-state index contributed by atoms with van der Waals surface area (Å²) in [7, 11) is 0. The largest absolute Gasteiger partial charge is 0.477 e. The second kappa shape index (κ2) is 8.31. The molecule has 0 aliphatic carbocycles. The lowest BCUT2D eigenvalue weighted by atomic mass is 10.0. The Bertz CT molecular complexity index is 974. The molecule has 162 valence electrons. The van der Waals surface area contributed by atoms with Crippen LogP contribution in [0.25, 0.3) is 0 Å². The third-order valence-corrected chi connectivity index (χ3v) is 6.87. The van der Waals surface area contributed by atoms with Crippen molar-refractivity contribution < 1.29 is 29.0 Å². The Morgan fingerprint density at radius 3 is 2.60 bits per heavy atom. The van der Waals surface area contributed by atoms with Crippen LogP contribution in [0, 0.1) is 13.8 Å². The summed E-state index contributed by atoms with van der Waals surface area (Å²) in [5, 5.41) is 16.4. The van der Waals surface area contributed by atoms with E-state index in [1.807, 2.05) is 0 Å². The molecule has 2 amide bonds. The maximum atomic E-state index is 12.7. The Morgan fingerprint density at radius 1 is 1.40 bits per heavy atom. The molecule has 12 heteroatoms. The lowest BCUT2D eigenvalue weighted by Gasteiger charge is -2.49. The second-order valence-corrected chi connectivity index (χ2v) is 8.52. The fourth-order valence-electron chi connectivity index (χ4n) is 3.39. The van der Waals surface area contributed by atoms with Crippen LogP contribution in [0.3, 0.4) is 0 Å². The number of thioether (sulfide) groups is 1. The molecule has 3 unspecified atom stereocenters. The van der Waals surface area contributed by atoms with Crippen molar-refractivity contribution >= 4 is 47.1 Å². The third kappa shape index (κ3) is 3.79. The van der Waals surface area contributed by atoms with Crippen LogP contribution in [0.5, 0.6) is 0 Å². The number of carbonyl (C=O) groups is 4. The Hall–Kier alpha value is -2.53. The Kier molecular flexibility index (Phi) is 6.14. The van der Waals surface area contributed by atoms with Crippen molar-refractivity contribution in [1.82, 2.24) is 20.0 Å². The maximum absolute atomic E-state index is 12.7. The van der Waals surface area contributed by atoms with Gasteiger partial charge in [-0.25, -0.2) is 4.79 Å². The first-order valence-corrected chi connectivity index (χ1v) is 10.5. The van der Waals surface area contributed by atoms with E-state index in [4.69, 9.17) is 16.3 Å². The van der Waals surface area contributed by atoms with Crippen LogP contribution in [-0.2, 0) is 23.9 Å². The number of aryl methyl sites for hydroxylation is 1. The monoisotopic (exact) mass is 456 g/mol. The highest BCUT2D eigenvalue weighted by molar-refractivity contribution is 8.00. The number of nitrogens with zero attached hydrogens (tertiary/aromatic N) is 3. The van der Waals surface area contributed by atoms with Gasteiger partial charge in [0.15, 0.2) is 0 Å². The number of carboxylic acids is 1. The van der Waals surface area contributed by atoms with Crippen LogP contribution in [0.1, 0.15) is 31.3 Å². The lowest BCUT2D eigenvalue weighted by molar-refractivity contribution is -0.151. The highest BCUT2D eigenvalue weighted by atomic mass is 35.5. The van der Waals surface area contributed by atoms with E-state index in [0.29, 0.717) is 22.0 Å². The summed E-state index contributed by atoms with van der Waals surface area (Å²) in [5.41, 5.74) is 1.37.